The van der Waals surface area contributed by atoms with Crippen LogP contribution in [-0.4, -0.2) is 59.7 Å². The van der Waals surface area contributed by atoms with Gasteiger partial charge in [-0.25, -0.2) is 22.8 Å². The maximum atomic E-state index is 14.5. The van der Waals surface area contributed by atoms with E-state index in [0.717, 1.165) is 23.1 Å². The van der Waals surface area contributed by atoms with Crippen LogP contribution < -0.4 is 11.1 Å². The summed E-state index contributed by atoms with van der Waals surface area (Å²) in [6, 6.07) is 5.63. The second-order valence-corrected chi connectivity index (χ2v) is 10.8. The van der Waals surface area contributed by atoms with Crippen molar-refractivity contribution >= 4 is 33.3 Å². The summed E-state index contributed by atoms with van der Waals surface area (Å²) in [6.07, 6.45) is -2.14. The second-order valence-electron chi connectivity index (χ2n) is 8.47. The smallest absolute Gasteiger partial charge is 0.368 e. The largest absolute Gasteiger partial charge is 0.416 e. The molecule has 0 saturated carbocycles. The lowest BCUT2D eigenvalue weighted by Crippen LogP contribution is -2.43. The van der Waals surface area contributed by atoms with E-state index in [1.54, 1.807) is 0 Å². The van der Waals surface area contributed by atoms with Crippen molar-refractivity contribution in [1.29, 1.82) is 0 Å². The molecular formula is C25H19F4N5O4S. The average molecular weight is 562 g/mol. The first-order valence-electron chi connectivity index (χ1n) is 11.2. The molecule has 0 bridgehead atoms. The Morgan fingerprint density at radius 3 is 2.26 bits per heavy atom. The molecule has 1 aliphatic heterocycles. The Morgan fingerprint density at radius 2 is 1.62 bits per heavy atom. The fourth-order valence-corrected chi connectivity index (χ4v) is 4.81. The molecule has 0 spiro atoms. The number of benzene rings is 2. The first-order valence-corrected chi connectivity index (χ1v) is 13.1. The number of amides is 2. The van der Waals surface area contributed by atoms with Gasteiger partial charge in [-0.2, -0.15) is 13.2 Å². The lowest BCUT2D eigenvalue weighted by Gasteiger charge is -2.27. The molecule has 1 fully saturated rings. The fraction of sp³-hybridized carbons (Fsp3) is 0.200. The topological polar surface area (TPSA) is 135 Å². The SMILES string of the molecule is Nc1ncc(C#Cc2ccc(F)c(C(=O)Nc3cc(C(=O)N4CCS(=O)(=O)CC4)cc(C(F)(F)F)c3)c2)cn1. The van der Waals surface area contributed by atoms with E-state index in [-0.39, 0.29) is 36.1 Å². The third-order valence-electron chi connectivity index (χ3n) is 5.63. The van der Waals surface area contributed by atoms with Crippen molar-refractivity contribution in [2.24, 2.45) is 0 Å². The molecule has 3 N–H and O–H groups in total. The highest BCUT2D eigenvalue weighted by Gasteiger charge is 2.33. The Morgan fingerprint density at radius 1 is 0.974 bits per heavy atom. The maximum Gasteiger partial charge on any atom is 0.416 e. The molecular weight excluding hydrogens is 542 g/mol. The Kier molecular flexibility index (Phi) is 7.55. The summed E-state index contributed by atoms with van der Waals surface area (Å²) in [5.74, 6) is 1.97. The van der Waals surface area contributed by atoms with Crippen LogP contribution in [0.2, 0.25) is 0 Å². The number of carbonyl (C=O) groups is 2. The number of aromatic nitrogens is 2. The molecule has 1 aromatic heterocycles. The number of carbonyl (C=O) groups excluding carboxylic acids is 2. The number of sulfone groups is 1. The summed E-state index contributed by atoms with van der Waals surface area (Å²) < 4.78 is 78.5. The molecule has 2 aromatic carbocycles. The van der Waals surface area contributed by atoms with E-state index in [2.05, 4.69) is 27.1 Å². The van der Waals surface area contributed by atoms with Crippen molar-refractivity contribution in [3.8, 4) is 11.8 Å². The molecule has 2 heterocycles. The zero-order valence-electron chi connectivity index (χ0n) is 19.9. The number of alkyl halides is 3. The number of nitrogen functional groups attached to an aromatic ring is 1. The van der Waals surface area contributed by atoms with Gasteiger partial charge in [-0.15, -0.1) is 0 Å². The van der Waals surface area contributed by atoms with Crippen molar-refractivity contribution < 1.29 is 35.6 Å². The van der Waals surface area contributed by atoms with E-state index in [1.165, 1.54) is 18.5 Å². The van der Waals surface area contributed by atoms with Gasteiger partial charge in [0.15, 0.2) is 9.84 Å². The van der Waals surface area contributed by atoms with E-state index in [0.29, 0.717) is 17.7 Å². The zero-order chi connectivity index (χ0) is 28.4. The Bertz CT molecular complexity index is 1600. The normalized spacial score (nSPS) is 14.7. The van der Waals surface area contributed by atoms with Crippen molar-refractivity contribution in [1.82, 2.24) is 14.9 Å². The summed E-state index contributed by atoms with van der Waals surface area (Å²) in [4.78, 5) is 34.4. The van der Waals surface area contributed by atoms with Crippen molar-refractivity contribution in [3.05, 3.63) is 82.4 Å². The number of nitrogens with zero attached hydrogens (tertiary/aromatic N) is 3. The first kappa shape index (κ1) is 27.5. The number of rotatable bonds is 3. The summed E-state index contributed by atoms with van der Waals surface area (Å²) in [5, 5.41) is 2.20. The van der Waals surface area contributed by atoms with E-state index in [9.17, 15) is 35.6 Å². The zero-order valence-corrected chi connectivity index (χ0v) is 20.7. The van der Waals surface area contributed by atoms with E-state index >= 15 is 0 Å². The first-order chi connectivity index (χ1) is 18.3. The van der Waals surface area contributed by atoms with Crippen molar-refractivity contribution in [2.75, 3.05) is 35.6 Å². The molecule has 3 aromatic rings. The van der Waals surface area contributed by atoms with E-state index in [1.807, 2.05) is 0 Å². The summed E-state index contributed by atoms with van der Waals surface area (Å²) in [5.41, 5.74) is 3.49. The Balaban J connectivity index is 1.60. The molecule has 202 valence electrons. The fourth-order valence-electron chi connectivity index (χ4n) is 3.61. The minimum absolute atomic E-state index is 0.0459. The quantitative estimate of drug-likeness (QED) is 0.371. The second kappa shape index (κ2) is 10.7. The van der Waals surface area contributed by atoms with E-state index < -0.39 is 56.0 Å². The van der Waals surface area contributed by atoms with Crippen LogP contribution in [0.5, 0.6) is 0 Å². The van der Waals surface area contributed by atoms with Crippen molar-refractivity contribution in [3.63, 3.8) is 0 Å². The van der Waals surface area contributed by atoms with Gasteiger partial charge in [0.25, 0.3) is 11.8 Å². The molecule has 0 unspecified atom stereocenters. The number of halogens is 4. The number of nitrogens with one attached hydrogen (secondary N) is 1. The summed E-state index contributed by atoms with van der Waals surface area (Å²) >= 11 is 0. The van der Waals surface area contributed by atoms with Crippen LogP contribution in [0.1, 0.15) is 37.4 Å². The van der Waals surface area contributed by atoms with Gasteiger partial charge in [-0.1, -0.05) is 11.8 Å². The third kappa shape index (κ3) is 6.88. The van der Waals surface area contributed by atoms with E-state index in [4.69, 9.17) is 5.73 Å². The number of anilines is 2. The molecule has 2 amide bonds. The van der Waals surface area contributed by atoms with Gasteiger partial charge in [0, 0.05) is 42.3 Å². The average Bonchev–Trinajstić information content (AvgIpc) is 2.88. The molecule has 1 saturated heterocycles. The van der Waals surface area contributed by atoms with Gasteiger partial charge in [0.05, 0.1) is 28.2 Å². The number of hydrogen-bond acceptors (Lipinski definition) is 7. The van der Waals surface area contributed by atoms with Gasteiger partial charge < -0.3 is 16.0 Å². The van der Waals surface area contributed by atoms with Crippen LogP contribution in [0.4, 0.5) is 29.2 Å². The van der Waals surface area contributed by atoms with Crippen LogP contribution in [0, 0.1) is 17.7 Å². The molecule has 39 heavy (non-hydrogen) atoms. The molecule has 14 heteroatoms. The molecule has 9 nitrogen and oxygen atoms in total. The molecule has 0 atom stereocenters. The number of hydrogen-bond donors (Lipinski definition) is 2. The third-order valence-corrected chi connectivity index (χ3v) is 7.24. The lowest BCUT2D eigenvalue weighted by molar-refractivity contribution is -0.137. The summed E-state index contributed by atoms with van der Waals surface area (Å²) in [7, 11) is -3.33. The minimum atomic E-state index is -4.87. The minimum Gasteiger partial charge on any atom is -0.368 e. The molecule has 4 rings (SSSR count). The molecule has 0 radical (unpaired) electrons. The number of nitrogens with two attached hydrogens (primary N) is 1. The van der Waals surface area contributed by atoms with Crippen LogP contribution >= 0.6 is 0 Å². The van der Waals surface area contributed by atoms with Gasteiger partial charge in [-0.05, 0) is 36.4 Å². The van der Waals surface area contributed by atoms with Crippen LogP contribution in [0.25, 0.3) is 0 Å². The van der Waals surface area contributed by atoms with Crippen LogP contribution in [0.3, 0.4) is 0 Å². The highest BCUT2D eigenvalue weighted by Crippen LogP contribution is 2.32. The van der Waals surface area contributed by atoms with Gasteiger partial charge >= 0.3 is 6.18 Å². The van der Waals surface area contributed by atoms with Gasteiger partial charge in [0.2, 0.25) is 5.95 Å². The Hall–Kier alpha value is -4.51. The lowest BCUT2D eigenvalue weighted by atomic mass is 10.1. The summed E-state index contributed by atoms with van der Waals surface area (Å²) in [6.45, 7) is -0.360. The maximum absolute atomic E-state index is 14.5. The van der Waals surface area contributed by atoms with Crippen LogP contribution in [0.15, 0.2) is 48.8 Å². The highest BCUT2D eigenvalue weighted by molar-refractivity contribution is 7.91. The Labute approximate surface area is 220 Å². The highest BCUT2D eigenvalue weighted by atomic mass is 32.2. The molecule has 1 aliphatic rings. The van der Waals surface area contributed by atoms with Crippen LogP contribution in [-0.2, 0) is 16.0 Å². The predicted octanol–water partition coefficient (Wildman–Crippen LogP) is 2.74. The van der Waals surface area contributed by atoms with Gasteiger partial charge in [-0.3, -0.25) is 9.59 Å². The van der Waals surface area contributed by atoms with Gasteiger partial charge in [0.1, 0.15) is 5.82 Å². The molecule has 0 aliphatic carbocycles. The van der Waals surface area contributed by atoms with Crippen molar-refractivity contribution in [2.45, 2.75) is 6.18 Å². The monoisotopic (exact) mass is 561 g/mol. The predicted molar refractivity (Wildman–Crippen MR) is 133 cm³/mol. The standard InChI is InChI=1S/C25H19F4N5O4S/c26-21-4-3-15(1-2-16-13-31-24(30)32-14-16)9-20(21)22(35)33-19-11-17(10-18(12-19)25(27,28)29)23(36)34-5-7-39(37,38)8-6-34/h3-4,9-14H,5-8H2,(H,33,35)(H2,30,31,32).